The summed E-state index contributed by atoms with van der Waals surface area (Å²) in [6.07, 6.45) is 1.03. The highest BCUT2D eigenvalue weighted by atomic mass is 16.3. The zero-order valence-electron chi connectivity index (χ0n) is 13.1. The normalized spacial score (nSPS) is 12.0. The summed E-state index contributed by atoms with van der Waals surface area (Å²) in [5, 5.41) is 15.0. The number of aliphatic hydroxyl groups excluding tert-OH is 1. The first-order chi connectivity index (χ1) is 11.0. The van der Waals surface area contributed by atoms with E-state index < -0.39 is 17.9 Å². The fourth-order valence-corrected chi connectivity index (χ4v) is 2.20. The first-order valence-electron chi connectivity index (χ1n) is 7.30. The van der Waals surface area contributed by atoms with Crippen LogP contribution in [-0.4, -0.2) is 23.5 Å². The van der Waals surface area contributed by atoms with Gasteiger partial charge in [0.05, 0.1) is 18.9 Å². The summed E-state index contributed by atoms with van der Waals surface area (Å²) < 4.78 is 10.4. The van der Waals surface area contributed by atoms with Gasteiger partial charge >= 0.3 is 11.8 Å². The van der Waals surface area contributed by atoms with Gasteiger partial charge in [0.25, 0.3) is 0 Å². The minimum Gasteiger partial charge on any atom is -0.467 e. The number of hydrogen-bond acceptors (Lipinski definition) is 5. The molecule has 0 fully saturated rings. The number of amides is 2. The Balaban J connectivity index is 1.71. The Bertz CT molecular complexity index is 660. The number of carbonyl (C=O) groups excluding carboxylic acids is 2. The zero-order valence-corrected chi connectivity index (χ0v) is 13.1. The van der Waals surface area contributed by atoms with Crippen LogP contribution in [0.2, 0.25) is 0 Å². The molecule has 2 aromatic rings. The molecule has 124 valence electrons. The number of carbonyl (C=O) groups is 2. The molecule has 0 saturated carbocycles. The van der Waals surface area contributed by atoms with Crippen LogP contribution in [0.15, 0.2) is 33.3 Å². The molecule has 0 aliphatic rings. The molecule has 2 amide bonds. The van der Waals surface area contributed by atoms with Crippen molar-refractivity contribution in [3.05, 3.63) is 47.3 Å². The maximum Gasteiger partial charge on any atom is 0.309 e. The highest BCUT2D eigenvalue weighted by molar-refractivity contribution is 6.35. The lowest BCUT2D eigenvalue weighted by Gasteiger charge is -2.10. The average Bonchev–Trinajstić information content (AvgIpc) is 3.13. The number of aryl methyl sites for hydroxylation is 2. The Morgan fingerprint density at radius 2 is 2.00 bits per heavy atom. The van der Waals surface area contributed by atoms with Crippen LogP contribution >= 0.6 is 0 Å². The van der Waals surface area contributed by atoms with Crippen molar-refractivity contribution in [3.63, 3.8) is 0 Å². The second-order valence-corrected chi connectivity index (χ2v) is 5.19. The maximum atomic E-state index is 11.6. The minimum atomic E-state index is -0.751. The standard InChI is InChI=1S/C16H20N2O5/c1-10-8-13(11(2)23-10)14(19)5-6-17-15(20)16(21)18-9-12-4-3-7-22-12/h3-4,7-8,14,19H,5-6,9H2,1-2H3,(H,17,20)(H,18,21)/t14-/m0/s1. The second-order valence-electron chi connectivity index (χ2n) is 5.19. The summed E-state index contributed by atoms with van der Waals surface area (Å²) in [5.41, 5.74) is 0.694. The lowest BCUT2D eigenvalue weighted by atomic mass is 10.1. The molecule has 1 atom stereocenters. The molecule has 7 nitrogen and oxygen atoms in total. The van der Waals surface area contributed by atoms with Crippen LogP contribution in [0.1, 0.15) is 35.4 Å². The smallest absolute Gasteiger partial charge is 0.309 e. The van der Waals surface area contributed by atoms with E-state index in [0.29, 0.717) is 17.1 Å². The number of hydrogen-bond donors (Lipinski definition) is 3. The SMILES string of the molecule is Cc1cc([C@@H](O)CCNC(=O)C(=O)NCc2ccco2)c(C)o1. The highest BCUT2D eigenvalue weighted by Crippen LogP contribution is 2.23. The molecule has 0 aliphatic carbocycles. The van der Waals surface area contributed by atoms with E-state index in [2.05, 4.69) is 10.6 Å². The highest BCUT2D eigenvalue weighted by Gasteiger charge is 2.17. The van der Waals surface area contributed by atoms with Crippen molar-refractivity contribution in [2.24, 2.45) is 0 Å². The third kappa shape index (κ3) is 4.72. The van der Waals surface area contributed by atoms with Crippen molar-refractivity contribution in [2.75, 3.05) is 6.54 Å². The lowest BCUT2D eigenvalue weighted by molar-refractivity contribution is -0.139. The van der Waals surface area contributed by atoms with Gasteiger partial charge in [0, 0.05) is 12.1 Å². The molecule has 0 bridgehead atoms. The quantitative estimate of drug-likeness (QED) is 0.697. The first-order valence-corrected chi connectivity index (χ1v) is 7.30. The average molecular weight is 320 g/mol. The van der Waals surface area contributed by atoms with Crippen LogP contribution in [0.5, 0.6) is 0 Å². The molecule has 0 spiro atoms. The Morgan fingerprint density at radius 1 is 1.26 bits per heavy atom. The molecule has 0 unspecified atom stereocenters. The third-order valence-electron chi connectivity index (χ3n) is 3.35. The number of aliphatic hydroxyl groups is 1. The van der Waals surface area contributed by atoms with Gasteiger partial charge in [-0.05, 0) is 38.5 Å². The fourth-order valence-electron chi connectivity index (χ4n) is 2.20. The molecule has 2 heterocycles. The van der Waals surface area contributed by atoms with Crippen molar-refractivity contribution in [3.8, 4) is 0 Å². The summed E-state index contributed by atoms with van der Waals surface area (Å²) in [7, 11) is 0. The Hall–Kier alpha value is -2.54. The van der Waals surface area contributed by atoms with Crippen molar-refractivity contribution >= 4 is 11.8 Å². The van der Waals surface area contributed by atoms with Gasteiger partial charge in [0.1, 0.15) is 17.3 Å². The Labute approximate surface area is 133 Å². The molecular formula is C16H20N2O5. The van der Waals surface area contributed by atoms with Crippen LogP contribution in [0.25, 0.3) is 0 Å². The largest absolute Gasteiger partial charge is 0.467 e. The number of nitrogens with one attached hydrogen (secondary N) is 2. The predicted molar refractivity (Wildman–Crippen MR) is 81.3 cm³/mol. The van der Waals surface area contributed by atoms with Gasteiger partial charge in [-0.1, -0.05) is 0 Å². The van der Waals surface area contributed by atoms with Crippen molar-refractivity contribution < 1.29 is 23.5 Å². The summed E-state index contributed by atoms with van der Waals surface area (Å²) in [4.78, 5) is 23.2. The fraction of sp³-hybridized carbons (Fsp3) is 0.375. The Kier molecular flexibility index (Phi) is 5.59. The van der Waals surface area contributed by atoms with Crippen molar-refractivity contribution in [1.82, 2.24) is 10.6 Å². The molecular weight excluding hydrogens is 300 g/mol. The van der Waals surface area contributed by atoms with Gasteiger partial charge < -0.3 is 24.6 Å². The topological polar surface area (TPSA) is 105 Å². The second kappa shape index (κ2) is 7.64. The van der Waals surface area contributed by atoms with Crippen LogP contribution < -0.4 is 10.6 Å². The molecule has 2 aromatic heterocycles. The molecule has 3 N–H and O–H groups in total. The number of furan rings is 2. The van der Waals surface area contributed by atoms with Crippen LogP contribution in [0.4, 0.5) is 0 Å². The molecule has 0 saturated heterocycles. The predicted octanol–water partition coefficient (Wildman–Crippen LogP) is 1.35. The van der Waals surface area contributed by atoms with Gasteiger partial charge in [-0.25, -0.2) is 0 Å². The zero-order chi connectivity index (χ0) is 16.8. The van der Waals surface area contributed by atoms with Crippen molar-refractivity contribution in [1.29, 1.82) is 0 Å². The van der Waals surface area contributed by atoms with E-state index in [4.69, 9.17) is 8.83 Å². The van der Waals surface area contributed by atoms with Gasteiger partial charge in [-0.3, -0.25) is 9.59 Å². The van der Waals surface area contributed by atoms with Crippen LogP contribution in [0.3, 0.4) is 0 Å². The third-order valence-corrected chi connectivity index (χ3v) is 3.35. The molecule has 0 aromatic carbocycles. The van der Waals surface area contributed by atoms with E-state index in [-0.39, 0.29) is 19.5 Å². The van der Waals surface area contributed by atoms with E-state index in [0.717, 1.165) is 5.76 Å². The minimum absolute atomic E-state index is 0.148. The van der Waals surface area contributed by atoms with E-state index in [1.54, 1.807) is 32.0 Å². The summed E-state index contributed by atoms with van der Waals surface area (Å²) in [6, 6.07) is 5.16. The van der Waals surface area contributed by atoms with E-state index in [1.807, 2.05) is 0 Å². The summed E-state index contributed by atoms with van der Waals surface area (Å²) in [6.45, 7) is 3.90. The number of rotatable bonds is 6. The van der Waals surface area contributed by atoms with E-state index in [9.17, 15) is 14.7 Å². The van der Waals surface area contributed by atoms with E-state index >= 15 is 0 Å². The van der Waals surface area contributed by atoms with Gasteiger partial charge in [0.2, 0.25) is 0 Å². The van der Waals surface area contributed by atoms with Crippen molar-refractivity contribution in [2.45, 2.75) is 32.9 Å². The molecule has 7 heteroatoms. The first kappa shape index (κ1) is 16.8. The van der Waals surface area contributed by atoms with Crippen LogP contribution in [-0.2, 0) is 16.1 Å². The lowest BCUT2D eigenvalue weighted by Crippen LogP contribution is -2.40. The summed E-state index contributed by atoms with van der Waals surface area (Å²) >= 11 is 0. The monoisotopic (exact) mass is 320 g/mol. The molecule has 0 aliphatic heterocycles. The molecule has 0 radical (unpaired) electrons. The van der Waals surface area contributed by atoms with Gasteiger partial charge in [-0.15, -0.1) is 0 Å². The molecule has 23 heavy (non-hydrogen) atoms. The van der Waals surface area contributed by atoms with Gasteiger partial charge in [0.15, 0.2) is 0 Å². The maximum absolute atomic E-state index is 11.6. The Morgan fingerprint density at radius 3 is 2.61 bits per heavy atom. The van der Waals surface area contributed by atoms with Gasteiger partial charge in [-0.2, -0.15) is 0 Å². The van der Waals surface area contributed by atoms with Crippen LogP contribution in [0, 0.1) is 13.8 Å². The molecule has 2 rings (SSSR count). The summed E-state index contributed by atoms with van der Waals surface area (Å²) in [5.74, 6) is 0.442. The van der Waals surface area contributed by atoms with E-state index in [1.165, 1.54) is 6.26 Å².